The number of aromatic nitrogens is 3. The number of nitrogens with one attached hydrogen (secondary N) is 2. The van der Waals surface area contributed by atoms with Gasteiger partial charge in [-0.15, -0.1) is 0 Å². The zero-order valence-corrected chi connectivity index (χ0v) is 17.2. The Hall–Kier alpha value is -3.17. The number of aromatic amines is 1. The van der Waals surface area contributed by atoms with Gasteiger partial charge in [0.2, 0.25) is 0 Å². The van der Waals surface area contributed by atoms with Crippen LogP contribution >= 0.6 is 0 Å². The second-order valence-electron chi connectivity index (χ2n) is 7.34. The predicted octanol–water partition coefficient (Wildman–Crippen LogP) is 3.09. The Morgan fingerprint density at radius 2 is 1.83 bits per heavy atom. The fourth-order valence-corrected chi connectivity index (χ4v) is 4.36. The van der Waals surface area contributed by atoms with Gasteiger partial charge in [0.25, 0.3) is 0 Å². The highest BCUT2D eigenvalue weighted by atomic mass is 32.2. The largest absolute Gasteiger partial charge is 0.378 e. The van der Waals surface area contributed by atoms with Crippen molar-refractivity contribution >= 4 is 48.8 Å². The van der Waals surface area contributed by atoms with Gasteiger partial charge in [-0.3, -0.25) is 5.10 Å². The second kappa shape index (κ2) is 7.26. The summed E-state index contributed by atoms with van der Waals surface area (Å²) in [5, 5.41) is 12.0. The van der Waals surface area contributed by atoms with Crippen molar-refractivity contribution in [3.05, 3.63) is 48.7 Å². The lowest BCUT2D eigenvalue weighted by atomic mass is 10.1. The molecule has 0 saturated carbocycles. The van der Waals surface area contributed by atoms with Crippen molar-refractivity contribution < 1.29 is 13.2 Å². The summed E-state index contributed by atoms with van der Waals surface area (Å²) < 4.78 is 29.3. The molecule has 2 aromatic heterocycles. The minimum Gasteiger partial charge on any atom is -0.378 e. The van der Waals surface area contributed by atoms with Gasteiger partial charge in [0.1, 0.15) is 5.52 Å². The highest BCUT2D eigenvalue weighted by Gasteiger charge is 2.15. The molecule has 9 heteroatoms. The van der Waals surface area contributed by atoms with Crippen molar-refractivity contribution in [1.82, 2.24) is 15.2 Å². The van der Waals surface area contributed by atoms with Gasteiger partial charge in [0.15, 0.2) is 15.7 Å². The molecular formula is C21H21N5O3S. The van der Waals surface area contributed by atoms with Crippen molar-refractivity contribution in [2.24, 2.45) is 0 Å². The summed E-state index contributed by atoms with van der Waals surface area (Å²) in [5.74, 6) is 0.640. The molecule has 8 nitrogen and oxygen atoms in total. The van der Waals surface area contributed by atoms with E-state index in [1.54, 1.807) is 24.4 Å². The first-order valence-corrected chi connectivity index (χ1v) is 11.5. The van der Waals surface area contributed by atoms with Crippen molar-refractivity contribution in [1.29, 1.82) is 0 Å². The van der Waals surface area contributed by atoms with E-state index >= 15 is 0 Å². The van der Waals surface area contributed by atoms with Crippen LogP contribution in [0.3, 0.4) is 0 Å². The molecule has 3 heterocycles. The number of rotatable bonds is 4. The third-order valence-corrected chi connectivity index (χ3v) is 6.41. The number of H-pyrrole nitrogens is 1. The van der Waals surface area contributed by atoms with Gasteiger partial charge in [-0.2, -0.15) is 5.10 Å². The van der Waals surface area contributed by atoms with Crippen molar-refractivity contribution in [3.8, 4) is 0 Å². The van der Waals surface area contributed by atoms with Crippen LogP contribution < -0.4 is 10.2 Å². The number of hydrogen-bond acceptors (Lipinski definition) is 7. The normalized spacial score (nSPS) is 15.0. The lowest BCUT2D eigenvalue weighted by Gasteiger charge is -2.28. The number of fused-ring (bicyclic) bond motifs is 3. The summed E-state index contributed by atoms with van der Waals surface area (Å²) in [7, 11) is -3.30. The molecule has 1 aliphatic rings. The fraction of sp³-hybridized carbons (Fsp3) is 0.238. The molecule has 0 atom stereocenters. The molecule has 30 heavy (non-hydrogen) atoms. The van der Waals surface area contributed by atoms with Crippen LogP contribution in [0.1, 0.15) is 0 Å². The number of pyridine rings is 1. The Morgan fingerprint density at radius 1 is 1.07 bits per heavy atom. The quantitative estimate of drug-likeness (QED) is 0.520. The van der Waals surface area contributed by atoms with Crippen molar-refractivity contribution in [3.63, 3.8) is 0 Å². The van der Waals surface area contributed by atoms with Gasteiger partial charge in [-0.1, -0.05) is 0 Å². The van der Waals surface area contributed by atoms with Crippen LogP contribution in [0.25, 0.3) is 21.8 Å². The molecule has 2 N–H and O–H groups in total. The number of morpholine rings is 1. The van der Waals surface area contributed by atoms with Gasteiger partial charge >= 0.3 is 0 Å². The van der Waals surface area contributed by atoms with E-state index in [-0.39, 0.29) is 4.90 Å². The average molecular weight is 423 g/mol. The summed E-state index contributed by atoms with van der Waals surface area (Å²) in [6.45, 7) is 3.28. The smallest absolute Gasteiger partial charge is 0.175 e. The van der Waals surface area contributed by atoms with E-state index in [1.807, 2.05) is 12.1 Å². The zero-order valence-electron chi connectivity index (χ0n) is 16.4. The Balaban J connectivity index is 1.50. The van der Waals surface area contributed by atoms with Crippen LogP contribution in [0.15, 0.2) is 53.6 Å². The van der Waals surface area contributed by atoms with Gasteiger partial charge in [-0.25, -0.2) is 13.4 Å². The lowest BCUT2D eigenvalue weighted by Crippen LogP contribution is -2.36. The molecule has 1 saturated heterocycles. The molecule has 0 unspecified atom stereocenters. The van der Waals surface area contributed by atoms with E-state index in [2.05, 4.69) is 32.5 Å². The van der Waals surface area contributed by atoms with Crippen LogP contribution in [-0.2, 0) is 14.6 Å². The van der Waals surface area contributed by atoms with E-state index in [4.69, 9.17) is 9.72 Å². The third-order valence-electron chi connectivity index (χ3n) is 5.30. The highest BCUT2D eigenvalue weighted by molar-refractivity contribution is 7.90. The molecule has 0 aliphatic carbocycles. The summed E-state index contributed by atoms with van der Waals surface area (Å²) in [6.07, 6.45) is 2.89. The Labute approximate surface area is 173 Å². The molecule has 5 rings (SSSR count). The Bertz CT molecular complexity index is 1330. The maximum Gasteiger partial charge on any atom is 0.175 e. The molecular weight excluding hydrogens is 402 g/mol. The Kier molecular flexibility index (Phi) is 4.56. The zero-order chi connectivity index (χ0) is 20.7. The fourth-order valence-electron chi connectivity index (χ4n) is 3.71. The monoisotopic (exact) mass is 423 g/mol. The topological polar surface area (TPSA) is 100 Å². The van der Waals surface area contributed by atoms with E-state index in [0.29, 0.717) is 11.3 Å². The molecule has 0 radical (unpaired) electrons. The first-order valence-electron chi connectivity index (χ1n) is 9.66. The first kappa shape index (κ1) is 18.8. The predicted molar refractivity (Wildman–Crippen MR) is 117 cm³/mol. The van der Waals surface area contributed by atoms with Crippen LogP contribution in [0.4, 0.5) is 17.2 Å². The molecule has 154 valence electrons. The van der Waals surface area contributed by atoms with Gasteiger partial charge in [-0.05, 0) is 42.5 Å². The molecule has 1 aliphatic heterocycles. The number of hydrogen-bond donors (Lipinski definition) is 2. The SMILES string of the molecule is CS(=O)(=O)c1ccc2nc(Nc3ccc(N4CCOCC4)cc3)c3[nH]ncc3c2c1. The third kappa shape index (κ3) is 3.46. The second-order valence-corrected chi connectivity index (χ2v) is 9.36. The molecule has 0 spiro atoms. The molecule has 2 aromatic carbocycles. The highest BCUT2D eigenvalue weighted by Crippen LogP contribution is 2.31. The average Bonchev–Trinajstić information content (AvgIpc) is 3.25. The lowest BCUT2D eigenvalue weighted by molar-refractivity contribution is 0.122. The maximum absolute atomic E-state index is 11.9. The van der Waals surface area contributed by atoms with E-state index in [0.717, 1.165) is 54.0 Å². The maximum atomic E-state index is 11.9. The van der Waals surface area contributed by atoms with Gasteiger partial charge in [0.05, 0.1) is 29.8 Å². The van der Waals surface area contributed by atoms with E-state index < -0.39 is 9.84 Å². The number of sulfone groups is 1. The molecule has 0 amide bonds. The van der Waals surface area contributed by atoms with Crippen molar-refractivity contribution in [2.45, 2.75) is 4.90 Å². The standard InChI is InChI=1S/C21H21N5O3S/c1-30(27,28)16-6-7-19-17(12-16)18-13-22-25-20(18)21(24-19)23-14-2-4-15(5-3-14)26-8-10-29-11-9-26/h2-7,12-13H,8-11H2,1H3,(H,22,25)(H,23,24). The number of nitrogens with zero attached hydrogens (tertiary/aromatic N) is 3. The molecule has 1 fully saturated rings. The number of ether oxygens (including phenoxy) is 1. The van der Waals surface area contributed by atoms with E-state index in [1.165, 1.54) is 6.26 Å². The van der Waals surface area contributed by atoms with Crippen LogP contribution in [0.5, 0.6) is 0 Å². The van der Waals surface area contributed by atoms with E-state index in [9.17, 15) is 8.42 Å². The molecule has 4 aromatic rings. The summed E-state index contributed by atoms with van der Waals surface area (Å²) in [4.78, 5) is 7.26. The van der Waals surface area contributed by atoms with Crippen LogP contribution in [0, 0.1) is 0 Å². The van der Waals surface area contributed by atoms with Crippen LogP contribution in [-0.4, -0.2) is 56.2 Å². The van der Waals surface area contributed by atoms with Gasteiger partial charge in [0, 0.05) is 41.5 Å². The Morgan fingerprint density at radius 3 is 2.57 bits per heavy atom. The van der Waals surface area contributed by atoms with Crippen molar-refractivity contribution in [2.75, 3.05) is 42.8 Å². The number of benzene rings is 2. The van der Waals surface area contributed by atoms with Gasteiger partial charge < -0.3 is 15.0 Å². The number of anilines is 3. The summed E-state index contributed by atoms with van der Waals surface area (Å²) >= 11 is 0. The summed E-state index contributed by atoms with van der Waals surface area (Å²) in [6, 6.07) is 13.2. The summed E-state index contributed by atoms with van der Waals surface area (Å²) in [5.41, 5.74) is 3.49. The molecule has 0 bridgehead atoms. The van der Waals surface area contributed by atoms with Crippen LogP contribution in [0.2, 0.25) is 0 Å². The minimum atomic E-state index is -3.30. The minimum absolute atomic E-state index is 0.263. The first-order chi connectivity index (χ1) is 14.5.